The first-order valence-electron chi connectivity index (χ1n) is 10.6. The minimum atomic E-state index is -0.0341. The molecule has 7 heteroatoms. The van der Waals surface area contributed by atoms with Crippen molar-refractivity contribution in [3.8, 4) is 11.5 Å². The lowest BCUT2D eigenvalue weighted by molar-refractivity contribution is -0.114. The molecule has 0 bridgehead atoms. The Labute approximate surface area is 182 Å². The number of nitrogens with one attached hydrogen (secondary N) is 1. The molecule has 1 aliphatic carbocycles. The third-order valence-corrected chi connectivity index (χ3v) is 7.14. The van der Waals surface area contributed by atoms with Gasteiger partial charge in [-0.2, -0.15) is 0 Å². The van der Waals surface area contributed by atoms with E-state index in [0.717, 1.165) is 48.0 Å². The molecule has 1 aliphatic heterocycles. The Kier molecular flexibility index (Phi) is 6.61. The number of aryl methyl sites for hydroxylation is 1. The van der Waals surface area contributed by atoms with Crippen molar-refractivity contribution in [1.82, 2.24) is 4.90 Å². The molecule has 30 heavy (non-hydrogen) atoms. The second-order valence-electron chi connectivity index (χ2n) is 7.79. The van der Waals surface area contributed by atoms with Crippen LogP contribution < -0.4 is 14.8 Å². The van der Waals surface area contributed by atoms with Crippen molar-refractivity contribution in [1.29, 1.82) is 0 Å². The average Bonchev–Trinajstić information content (AvgIpc) is 3.11. The van der Waals surface area contributed by atoms with E-state index in [1.807, 2.05) is 12.1 Å². The monoisotopic (exact) mass is 430 g/mol. The standard InChI is InChI=1S/C23H30N2O4S/c1-15(26)24-23-21(17-6-4-5-7-20(17)30-23)22(25-10-12-29-13-11-25)18-14-16(27-2)8-9-19(18)28-3/h8-9,14,22H,4-7,10-13H2,1-3H3,(H,24,26). The average molecular weight is 431 g/mol. The molecule has 0 saturated carbocycles. The summed E-state index contributed by atoms with van der Waals surface area (Å²) in [5.74, 6) is 1.60. The minimum Gasteiger partial charge on any atom is -0.497 e. The lowest BCUT2D eigenvalue weighted by atomic mass is 9.88. The van der Waals surface area contributed by atoms with E-state index in [-0.39, 0.29) is 11.9 Å². The van der Waals surface area contributed by atoms with E-state index >= 15 is 0 Å². The molecule has 2 aromatic rings. The van der Waals surface area contributed by atoms with Crippen LogP contribution in [0, 0.1) is 0 Å². The van der Waals surface area contributed by atoms with Crippen LogP contribution in [0.15, 0.2) is 18.2 Å². The van der Waals surface area contributed by atoms with Crippen LogP contribution >= 0.6 is 11.3 Å². The van der Waals surface area contributed by atoms with Crippen molar-refractivity contribution in [3.05, 3.63) is 39.8 Å². The Hall–Kier alpha value is -2.09. The summed E-state index contributed by atoms with van der Waals surface area (Å²) in [5, 5.41) is 4.10. The molecule has 2 heterocycles. The van der Waals surface area contributed by atoms with Crippen molar-refractivity contribution in [2.75, 3.05) is 45.8 Å². The van der Waals surface area contributed by atoms with Gasteiger partial charge in [0.05, 0.1) is 33.5 Å². The van der Waals surface area contributed by atoms with Crippen LogP contribution in [0.5, 0.6) is 11.5 Å². The van der Waals surface area contributed by atoms with Gasteiger partial charge in [-0.15, -0.1) is 11.3 Å². The Morgan fingerprint density at radius 3 is 2.63 bits per heavy atom. The van der Waals surface area contributed by atoms with E-state index in [2.05, 4.69) is 16.3 Å². The fraction of sp³-hybridized carbons (Fsp3) is 0.522. The molecule has 1 saturated heterocycles. The number of morpholine rings is 1. The Morgan fingerprint density at radius 2 is 1.93 bits per heavy atom. The van der Waals surface area contributed by atoms with E-state index in [4.69, 9.17) is 14.2 Å². The molecule has 6 nitrogen and oxygen atoms in total. The summed E-state index contributed by atoms with van der Waals surface area (Å²) in [7, 11) is 3.39. The normalized spacial score (nSPS) is 17.8. The van der Waals surface area contributed by atoms with Gasteiger partial charge in [0.1, 0.15) is 16.5 Å². The van der Waals surface area contributed by atoms with Gasteiger partial charge in [-0.1, -0.05) is 0 Å². The molecular weight excluding hydrogens is 400 g/mol. The number of benzene rings is 1. The van der Waals surface area contributed by atoms with Crippen molar-refractivity contribution in [2.45, 2.75) is 38.6 Å². The number of rotatable bonds is 6. The molecule has 0 spiro atoms. The fourth-order valence-corrected chi connectivity index (χ4v) is 5.92. The molecule has 1 aromatic heterocycles. The van der Waals surface area contributed by atoms with Crippen LogP contribution in [0.3, 0.4) is 0 Å². The van der Waals surface area contributed by atoms with Gasteiger partial charge < -0.3 is 19.5 Å². The molecule has 1 aromatic carbocycles. The maximum atomic E-state index is 12.1. The molecule has 1 amide bonds. The molecule has 162 valence electrons. The second kappa shape index (κ2) is 9.37. The maximum absolute atomic E-state index is 12.1. The molecule has 1 unspecified atom stereocenters. The highest BCUT2D eigenvalue weighted by Crippen LogP contribution is 2.47. The Morgan fingerprint density at radius 1 is 1.17 bits per heavy atom. The first kappa shape index (κ1) is 21.2. The Bertz CT molecular complexity index is 905. The van der Waals surface area contributed by atoms with Gasteiger partial charge in [0.25, 0.3) is 0 Å². The number of fused-ring (bicyclic) bond motifs is 1. The SMILES string of the molecule is COc1ccc(OC)c(C(c2c(NC(C)=O)sc3c2CCCC3)N2CCOCC2)c1. The van der Waals surface area contributed by atoms with Gasteiger partial charge in [-0.05, 0) is 49.4 Å². The number of hydrogen-bond donors (Lipinski definition) is 1. The highest BCUT2D eigenvalue weighted by atomic mass is 32.1. The van der Waals surface area contributed by atoms with Crippen molar-refractivity contribution >= 4 is 22.2 Å². The van der Waals surface area contributed by atoms with Gasteiger partial charge in [0.15, 0.2) is 0 Å². The highest BCUT2D eigenvalue weighted by molar-refractivity contribution is 7.16. The topological polar surface area (TPSA) is 60.0 Å². The molecule has 1 atom stereocenters. The van der Waals surface area contributed by atoms with Crippen LogP contribution in [0.4, 0.5) is 5.00 Å². The molecule has 2 aliphatic rings. The number of ether oxygens (including phenoxy) is 3. The molecule has 1 fully saturated rings. The Balaban J connectivity index is 1.91. The van der Waals surface area contributed by atoms with E-state index in [1.165, 1.54) is 28.8 Å². The van der Waals surface area contributed by atoms with Crippen LogP contribution in [0.2, 0.25) is 0 Å². The quantitative estimate of drug-likeness (QED) is 0.750. The van der Waals surface area contributed by atoms with Crippen molar-refractivity contribution in [3.63, 3.8) is 0 Å². The number of thiophene rings is 1. The van der Waals surface area contributed by atoms with E-state index in [9.17, 15) is 4.79 Å². The van der Waals surface area contributed by atoms with Gasteiger partial charge >= 0.3 is 0 Å². The van der Waals surface area contributed by atoms with E-state index < -0.39 is 0 Å². The summed E-state index contributed by atoms with van der Waals surface area (Å²) in [6, 6.07) is 5.94. The number of anilines is 1. The minimum absolute atomic E-state index is 0.0288. The number of carbonyl (C=O) groups excluding carboxylic acids is 1. The van der Waals surface area contributed by atoms with Gasteiger partial charge in [0.2, 0.25) is 5.91 Å². The third kappa shape index (κ3) is 4.19. The van der Waals surface area contributed by atoms with Crippen LogP contribution in [-0.4, -0.2) is 51.3 Å². The summed E-state index contributed by atoms with van der Waals surface area (Å²) in [4.78, 5) is 15.9. The molecular formula is C23H30N2O4S. The predicted molar refractivity (Wildman–Crippen MR) is 119 cm³/mol. The first-order chi connectivity index (χ1) is 14.6. The second-order valence-corrected chi connectivity index (χ2v) is 8.90. The molecule has 0 radical (unpaired) electrons. The van der Waals surface area contributed by atoms with Crippen LogP contribution in [-0.2, 0) is 22.4 Å². The lowest BCUT2D eigenvalue weighted by Crippen LogP contribution is -2.40. The van der Waals surface area contributed by atoms with Gasteiger partial charge in [-0.3, -0.25) is 9.69 Å². The van der Waals surface area contributed by atoms with Crippen molar-refractivity contribution < 1.29 is 19.0 Å². The number of carbonyl (C=O) groups is 1. The first-order valence-corrected chi connectivity index (χ1v) is 11.4. The number of nitrogens with zero attached hydrogens (tertiary/aromatic N) is 1. The predicted octanol–water partition coefficient (Wildman–Crippen LogP) is 4.02. The summed E-state index contributed by atoms with van der Waals surface area (Å²) in [6.07, 6.45) is 4.52. The summed E-state index contributed by atoms with van der Waals surface area (Å²) in [5.41, 5.74) is 3.69. The number of methoxy groups -OCH3 is 2. The van der Waals surface area contributed by atoms with E-state index in [1.54, 1.807) is 32.5 Å². The molecule has 4 rings (SSSR count). The number of hydrogen-bond acceptors (Lipinski definition) is 6. The van der Waals surface area contributed by atoms with Crippen LogP contribution in [0.25, 0.3) is 0 Å². The smallest absolute Gasteiger partial charge is 0.221 e. The maximum Gasteiger partial charge on any atom is 0.221 e. The van der Waals surface area contributed by atoms with Gasteiger partial charge in [0, 0.05) is 36.0 Å². The van der Waals surface area contributed by atoms with Crippen molar-refractivity contribution in [2.24, 2.45) is 0 Å². The largest absolute Gasteiger partial charge is 0.497 e. The number of amides is 1. The van der Waals surface area contributed by atoms with Gasteiger partial charge in [-0.25, -0.2) is 0 Å². The summed E-state index contributed by atoms with van der Waals surface area (Å²) in [6.45, 7) is 4.64. The zero-order valence-corrected chi connectivity index (χ0v) is 18.8. The van der Waals surface area contributed by atoms with E-state index in [0.29, 0.717) is 13.2 Å². The summed E-state index contributed by atoms with van der Waals surface area (Å²) < 4.78 is 17.0. The summed E-state index contributed by atoms with van der Waals surface area (Å²) >= 11 is 1.74. The zero-order valence-electron chi connectivity index (χ0n) is 18.0. The fourth-order valence-electron chi connectivity index (χ4n) is 4.56. The molecule has 1 N–H and O–H groups in total. The third-order valence-electron chi connectivity index (χ3n) is 5.92. The van der Waals surface area contributed by atoms with Crippen LogP contribution in [0.1, 0.15) is 47.4 Å². The lowest BCUT2D eigenvalue weighted by Gasteiger charge is -2.36. The zero-order chi connectivity index (χ0) is 21.1. The highest BCUT2D eigenvalue weighted by Gasteiger charge is 2.34.